The second-order valence-electron chi connectivity index (χ2n) is 5.95. The lowest BCUT2D eigenvalue weighted by Gasteiger charge is -2.20. The van der Waals surface area contributed by atoms with E-state index in [2.05, 4.69) is 10.3 Å². The summed E-state index contributed by atoms with van der Waals surface area (Å²) < 4.78 is 11.7. The van der Waals surface area contributed by atoms with Crippen molar-refractivity contribution in [2.45, 2.75) is 38.5 Å². The predicted molar refractivity (Wildman–Crippen MR) is 85.6 cm³/mol. The molecule has 1 N–H and O–H groups in total. The van der Waals surface area contributed by atoms with Crippen molar-refractivity contribution in [3.05, 3.63) is 12.1 Å². The van der Waals surface area contributed by atoms with Crippen LogP contribution in [0.2, 0.25) is 0 Å². The van der Waals surface area contributed by atoms with Crippen LogP contribution in [0, 0.1) is 5.92 Å². The molecular weight excluding hydrogens is 300 g/mol. The number of carbonyl (C=O) groups is 1. The van der Waals surface area contributed by atoms with Gasteiger partial charge in [0, 0.05) is 18.6 Å². The zero-order valence-corrected chi connectivity index (χ0v) is 13.1. The Morgan fingerprint density at radius 3 is 2.82 bits per heavy atom. The molecule has 5 nitrogen and oxygen atoms in total. The van der Waals surface area contributed by atoms with Crippen molar-refractivity contribution in [1.29, 1.82) is 0 Å². The number of nitrogens with zero attached hydrogens (tertiary/aromatic N) is 1. The van der Waals surface area contributed by atoms with Crippen molar-refractivity contribution >= 4 is 32.6 Å². The highest BCUT2D eigenvalue weighted by Crippen LogP contribution is 2.39. The Morgan fingerprint density at radius 1 is 1.23 bits per heavy atom. The molecular formula is C16H18N2O3S. The fraction of sp³-hybridized carbons (Fsp3) is 0.500. The Bertz CT molecular complexity index is 666. The molecule has 0 saturated heterocycles. The highest BCUT2D eigenvalue weighted by Gasteiger charge is 2.19. The van der Waals surface area contributed by atoms with Crippen molar-refractivity contribution in [3.63, 3.8) is 0 Å². The van der Waals surface area contributed by atoms with E-state index >= 15 is 0 Å². The predicted octanol–water partition coefficient (Wildman–Crippen LogP) is 3.93. The minimum atomic E-state index is 0.0750. The first-order valence-corrected chi connectivity index (χ1v) is 8.59. The van der Waals surface area contributed by atoms with Crippen LogP contribution in [0.25, 0.3) is 10.2 Å². The molecule has 1 fully saturated rings. The smallest absolute Gasteiger partial charge is 0.231 e. The summed E-state index contributed by atoms with van der Waals surface area (Å²) in [5, 5.41) is 3.59. The van der Waals surface area contributed by atoms with Crippen LogP contribution in [-0.2, 0) is 4.79 Å². The number of benzene rings is 1. The molecule has 0 bridgehead atoms. The maximum absolute atomic E-state index is 12.2. The summed E-state index contributed by atoms with van der Waals surface area (Å²) in [6.07, 6.45) is 6.78. The van der Waals surface area contributed by atoms with Gasteiger partial charge in [0.1, 0.15) is 0 Å². The van der Waals surface area contributed by atoms with Gasteiger partial charge in [0.25, 0.3) is 0 Å². The van der Waals surface area contributed by atoms with Crippen LogP contribution in [0.4, 0.5) is 5.13 Å². The molecule has 0 atom stereocenters. The van der Waals surface area contributed by atoms with Gasteiger partial charge < -0.3 is 14.8 Å². The van der Waals surface area contributed by atoms with Gasteiger partial charge in [-0.3, -0.25) is 4.79 Å². The number of nitrogens with one attached hydrogen (secondary N) is 1. The molecule has 1 amide bonds. The van der Waals surface area contributed by atoms with E-state index in [-0.39, 0.29) is 12.7 Å². The number of hydrogen-bond donors (Lipinski definition) is 1. The maximum atomic E-state index is 12.2. The second kappa shape index (κ2) is 5.76. The molecule has 4 rings (SSSR count). The number of fused-ring (bicyclic) bond motifs is 2. The Balaban J connectivity index is 1.46. The Hall–Kier alpha value is -1.82. The van der Waals surface area contributed by atoms with Crippen molar-refractivity contribution in [2.75, 3.05) is 12.1 Å². The van der Waals surface area contributed by atoms with Crippen LogP contribution in [-0.4, -0.2) is 17.7 Å². The lowest BCUT2D eigenvalue weighted by atomic mass is 9.87. The highest BCUT2D eigenvalue weighted by atomic mass is 32.1. The van der Waals surface area contributed by atoms with Gasteiger partial charge in [0.2, 0.25) is 12.7 Å². The van der Waals surface area contributed by atoms with Crippen molar-refractivity contribution < 1.29 is 14.3 Å². The molecule has 1 aromatic carbocycles. The molecule has 1 aromatic heterocycles. The SMILES string of the molecule is O=C(CC1CCCCC1)Nc1nc2cc3c(cc2s1)OCO3. The molecule has 2 heterocycles. The van der Waals surface area contributed by atoms with Crippen LogP contribution in [0.1, 0.15) is 38.5 Å². The molecule has 2 aromatic rings. The molecule has 6 heteroatoms. The first-order chi connectivity index (χ1) is 10.8. The van der Waals surface area contributed by atoms with Crippen molar-refractivity contribution in [3.8, 4) is 11.5 Å². The number of amides is 1. The summed E-state index contributed by atoms with van der Waals surface area (Å²) in [6.45, 7) is 0.261. The number of rotatable bonds is 3. The lowest BCUT2D eigenvalue weighted by Crippen LogP contribution is -2.18. The quantitative estimate of drug-likeness (QED) is 0.931. The number of ether oxygens (including phenoxy) is 2. The fourth-order valence-corrected chi connectivity index (χ4v) is 4.09. The van der Waals surface area contributed by atoms with E-state index in [1.54, 1.807) is 0 Å². The monoisotopic (exact) mass is 318 g/mol. The Labute approximate surface area is 132 Å². The molecule has 1 aliphatic heterocycles. The van der Waals surface area contributed by atoms with Gasteiger partial charge in [-0.2, -0.15) is 0 Å². The van der Waals surface area contributed by atoms with E-state index in [0.717, 1.165) is 21.7 Å². The zero-order chi connectivity index (χ0) is 14.9. The van der Waals surface area contributed by atoms with E-state index in [1.165, 1.54) is 43.4 Å². The van der Waals surface area contributed by atoms with Crippen molar-refractivity contribution in [1.82, 2.24) is 4.98 Å². The number of carbonyl (C=O) groups excluding carboxylic acids is 1. The van der Waals surface area contributed by atoms with Gasteiger partial charge >= 0.3 is 0 Å². The molecule has 22 heavy (non-hydrogen) atoms. The lowest BCUT2D eigenvalue weighted by molar-refractivity contribution is -0.117. The van der Waals surface area contributed by atoms with Gasteiger partial charge in [0.05, 0.1) is 10.2 Å². The molecule has 0 spiro atoms. The second-order valence-corrected chi connectivity index (χ2v) is 6.98. The summed E-state index contributed by atoms with van der Waals surface area (Å²) in [5.41, 5.74) is 0.835. The third-order valence-electron chi connectivity index (χ3n) is 4.33. The Kier molecular flexibility index (Phi) is 3.62. The first kappa shape index (κ1) is 13.8. The summed E-state index contributed by atoms with van der Waals surface area (Å²) in [4.78, 5) is 16.6. The summed E-state index contributed by atoms with van der Waals surface area (Å²) >= 11 is 1.48. The van der Waals surface area contributed by atoms with Gasteiger partial charge in [-0.1, -0.05) is 30.6 Å². The maximum Gasteiger partial charge on any atom is 0.231 e. The summed E-state index contributed by atoms with van der Waals surface area (Å²) in [5.74, 6) is 2.08. The first-order valence-electron chi connectivity index (χ1n) is 7.78. The molecule has 1 saturated carbocycles. The molecule has 116 valence electrons. The fourth-order valence-electron chi connectivity index (χ4n) is 3.20. The van der Waals surface area contributed by atoms with Gasteiger partial charge in [-0.25, -0.2) is 4.98 Å². The van der Waals surface area contributed by atoms with Crippen LogP contribution in [0.15, 0.2) is 12.1 Å². The third kappa shape index (κ3) is 2.75. The number of anilines is 1. The van der Waals surface area contributed by atoms with Crippen LogP contribution in [0.5, 0.6) is 11.5 Å². The standard InChI is InChI=1S/C16H18N2O3S/c19-15(6-10-4-2-1-3-5-10)18-16-17-11-7-12-13(21-9-20-12)8-14(11)22-16/h7-8,10H,1-6,9H2,(H,17,18,19). The van der Waals surface area contributed by atoms with Crippen LogP contribution < -0.4 is 14.8 Å². The average molecular weight is 318 g/mol. The minimum absolute atomic E-state index is 0.0750. The van der Waals surface area contributed by atoms with Crippen LogP contribution >= 0.6 is 11.3 Å². The van der Waals surface area contributed by atoms with Gasteiger partial charge in [0.15, 0.2) is 16.6 Å². The van der Waals surface area contributed by atoms with E-state index < -0.39 is 0 Å². The minimum Gasteiger partial charge on any atom is -0.454 e. The van der Waals surface area contributed by atoms with Gasteiger partial charge in [-0.05, 0) is 18.8 Å². The van der Waals surface area contributed by atoms with E-state index in [4.69, 9.17) is 9.47 Å². The molecule has 0 radical (unpaired) electrons. The Morgan fingerprint density at radius 2 is 2.00 bits per heavy atom. The molecule has 2 aliphatic rings. The van der Waals surface area contributed by atoms with Crippen molar-refractivity contribution in [2.24, 2.45) is 5.92 Å². The molecule has 0 unspecified atom stereocenters. The largest absolute Gasteiger partial charge is 0.454 e. The van der Waals surface area contributed by atoms with E-state index in [1.807, 2.05) is 12.1 Å². The van der Waals surface area contributed by atoms with E-state index in [9.17, 15) is 4.79 Å². The third-order valence-corrected chi connectivity index (χ3v) is 5.26. The topological polar surface area (TPSA) is 60.5 Å². The highest BCUT2D eigenvalue weighted by molar-refractivity contribution is 7.22. The molecule has 1 aliphatic carbocycles. The van der Waals surface area contributed by atoms with Gasteiger partial charge in [-0.15, -0.1) is 0 Å². The summed E-state index contributed by atoms with van der Waals surface area (Å²) in [7, 11) is 0. The summed E-state index contributed by atoms with van der Waals surface area (Å²) in [6, 6.07) is 3.79. The zero-order valence-electron chi connectivity index (χ0n) is 12.3. The van der Waals surface area contributed by atoms with Crippen LogP contribution in [0.3, 0.4) is 0 Å². The average Bonchev–Trinajstić information content (AvgIpc) is 3.10. The number of thiazole rings is 1. The van der Waals surface area contributed by atoms with E-state index in [0.29, 0.717) is 17.5 Å². The normalized spacial score (nSPS) is 17.8. The number of aromatic nitrogens is 1. The number of hydrogen-bond acceptors (Lipinski definition) is 5.